The number of anilines is 1. The molecule has 0 aliphatic carbocycles. The molecule has 4 nitrogen and oxygen atoms in total. The summed E-state index contributed by atoms with van der Waals surface area (Å²) in [5.74, 6) is -0.328. The van der Waals surface area contributed by atoms with Gasteiger partial charge in [-0.1, -0.05) is 16.6 Å². The number of hydrogen-bond donors (Lipinski definition) is 1. The molecule has 0 unspecified atom stereocenters. The molecule has 100 valence electrons. The monoisotopic (exact) mass is 287 g/mol. The molecule has 1 heterocycles. The summed E-state index contributed by atoms with van der Waals surface area (Å²) < 4.78 is 40.6. The van der Waals surface area contributed by atoms with Crippen molar-refractivity contribution >= 4 is 22.4 Å². The summed E-state index contributed by atoms with van der Waals surface area (Å²) >= 11 is 1.03. The van der Waals surface area contributed by atoms with Crippen molar-refractivity contribution in [1.82, 2.24) is 9.59 Å². The molecule has 0 aliphatic heterocycles. The molecule has 0 saturated carbocycles. The SMILES string of the molecule is O=C(Cc1ccc(C(F)(F)F)cc1)Nc1cnns1. The average molecular weight is 287 g/mol. The van der Waals surface area contributed by atoms with Crippen molar-refractivity contribution in [2.45, 2.75) is 12.6 Å². The van der Waals surface area contributed by atoms with Gasteiger partial charge in [-0.3, -0.25) is 4.79 Å². The fourth-order valence-corrected chi connectivity index (χ4v) is 1.84. The van der Waals surface area contributed by atoms with Gasteiger partial charge in [0.15, 0.2) is 0 Å². The molecular formula is C11H8F3N3OS. The Hall–Kier alpha value is -1.96. The van der Waals surface area contributed by atoms with E-state index < -0.39 is 11.7 Å². The first-order chi connectivity index (χ1) is 8.95. The van der Waals surface area contributed by atoms with Crippen LogP contribution < -0.4 is 5.32 Å². The van der Waals surface area contributed by atoms with E-state index in [0.29, 0.717) is 10.6 Å². The van der Waals surface area contributed by atoms with E-state index in [4.69, 9.17) is 0 Å². The van der Waals surface area contributed by atoms with Gasteiger partial charge in [0.05, 0.1) is 18.2 Å². The predicted octanol–water partition coefficient (Wildman–Crippen LogP) is 2.74. The Kier molecular flexibility index (Phi) is 3.79. The first-order valence-corrected chi connectivity index (χ1v) is 5.96. The summed E-state index contributed by atoms with van der Waals surface area (Å²) in [7, 11) is 0. The first-order valence-electron chi connectivity index (χ1n) is 5.18. The van der Waals surface area contributed by atoms with Crippen LogP contribution in [-0.2, 0) is 17.4 Å². The van der Waals surface area contributed by atoms with Crippen molar-refractivity contribution in [2.75, 3.05) is 5.32 Å². The van der Waals surface area contributed by atoms with Crippen molar-refractivity contribution in [3.8, 4) is 0 Å². The van der Waals surface area contributed by atoms with E-state index in [1.165, 1.54) is 18.3 Å². The summed E-state index contributed by atoms with van der Waals surface area (Å²) in [6, 6.07) is 4.48. The quantitative estimate of drug-likeness (QED) is 0.944. The third-order valence-electron chi connectivity index (χ3n) is 2.27. The van der Waals surface area contributed by atoms with Crippen molar-refractivity contribution in [2.24, 2.45) is 0 Å². The van der Waals surface area contributed by atoms with E-state index >= 15 is 0 Å². The maximum Gasteiger partial charge on any atom is 0.416 e. The van der Waals surface area contributed by atoms with E-state index in [1.54, 1.807) is 0 Å². The van der Waals surface area contributed by atoms with Gasteiger partial charge in [-0.15, -0.1) is 5.10 Å². The molecule has 0 saturated heterocycles. The van der Waals surface area contributed by atoms with Crippen molar-refractivity contribution in [3.63, 3.8) is 0 Å². The molecule has 0 bridgehead atoms. The molecule has 0 aliphatic rings. The molecular weight excluding hydrogens is 279 g/mol. The Morgan fingerprint density at radius 1 is 1.26 bits per heavy atom. The summed E-state index contributed by atoms with van der Waals surface area (Å²) in [4.78, 5) is 11.6. The largest absolute Gasteiger partial charge is 0.416 e. The molecule has 19 heavy (non-hydrogen) atoms. The summed E-state index contributed by atoms with van der Waals surface area (Å²) in [5.41, 5.74) is -0.230. The summed E-state index contributed by atoms with van der Waals surface area (Å²) in [5, 5.41) is 6.59. The first kappa shape index (κ1) is 13.5. The Bertz CT molecular complexity index is 552. The van der Waals surface area contributed by atoms with Crippen LogP contribution >= 0.6 is 11.5 Å². The third kappa shape index (κ3) is 3.75. The molecule has 1 amide bonds. The summed E-state index contributed by atoms with van der Waals surface area (Å²) in [6.07, 6.45) is -2.97. The van der Waals surface area contributed by atoms with E-state index in [2.05, 4.69) is 14.9 Å². The van der Waals surface area contributed by atoms with Crippen molar-refractivity contribution in [1.29, 1.82) is 0 Å². The number of benzene rings is 1. The molecule has 0 fully saturated rings. The zero-order chi connectivity index (χ0) is 13.9. The predicted molar refractivity (Wildman–Crippen MR) is 63.7 cm³/mol. The highest BCUT2D eigenvalue weighted by Crippen LogP contribution is 2.29. The van der Waals surface area contributed by atoms with Crippen LogP contribution in [0.1, 0.15) is 11.1 Å². The van der Waals surface area contributed by atoms with Crippen molar-refractivity contribution < 1.29 is 18.0 Å². The molecule has 1 N–H and O–H groups in total. The van der Waals surface area contributed by atoms with Crippen LogP contribution in [0, 0.1) is 0 Å². The van der Waals surface area contributed by atoms with Gasteiger partial charge in [0, 0.05) is 11.5 Å². The van der Waals surface area contributed by atoms with Gasteiger partial charge in [-0.05, 0) is 17.7 Å². The molecule has 2 rings (SSSR count). The number of carbonyl (C=O) groups is 1. The lowest BCUT2D eigenvalue weighted by atomic mass is 10.1. The second-order valence-corrected chi connectivity index (χ2v) is 4.49. The molecule has 0 radical (unpaired) electrons. The van der Waals surface area contributed by atoms with Gasteiger partial charge < -0.3 is 5.32 Å². The van der Waals surface area contributed by atoms with Crippen LogP contribution in [0.2, 0.25) is 0 Å². The zero-order valence-corrected chi connectivity index (χ0v) is 10.3. The fourth-order valence-electron chi connectivity index (χ4n) is 1.40. The minimum Gasteiger partial charge on any atom is -0.315 e. The molecule has 0 spiro atoms. The maximum absolute atomic E-state index is 12.3. The Morgan fingerprint density at radius 2 is 1.95 bits per heavy atom. The third-order valence-corrected chi connectivity index (χ3v) is 2.85. The highest BCUT2D eigenvalue weighted by atomic mass is 32.1. The Balaban J connectivity index is 1.98. The van der Waals surface area contributed by atoms with Gasteiger partial charge in [-0.2, -0.15) is 13.2 Å². The van der Waals surface area contributed by atoms with Crippen molar-refractivity contribution in [3.05, 3.63) is 41.6 Å². The van der Waals surface area contributed by atoms with Crippen LogP contribution in [0.25, 0.3) is 0 Å². The van der Waals surface area contributed by atoms with E-state index in [9.17, 15) is 18.0 Å². The number of nitrogens with one attached hydrogen (secondary N) is 1. The molecule has 1 aromatic carbocycles. The van der Waals surface area contributed by atoms with Crippen LogP contribution in [-0.4, -0.2) is 15.5 Å². The van der Waals surface area contributed by atoms with Crippen LogP contribution in [0.5, 0.6) is 0 Å². The molecule has 1 aromatic heterocycles. The fraction of sp³-hybridized carbons (Fsp3) is 0.182. The zero-order valence-electron chi connectivity index (χ0n) is 9.44. The number of amides is 1. The smallest absolute Gasteiger partial charge is 0.315 e. The standard InChI is InChI=1S/C11H8F3N3OS/c12-11(13,14)8-3-1-7(2-4-8)5-9(18)16-10-6-15-17-19-10/h1-4,6H,5H2,(H,16,18). The van der Waals surface area contributed by atoms with Gasteiger partial charge in [0.25, 0.3) is 0 Å². The number of nitrogens with zero attached hydrogens (tertiary/aromatic N) is 2. The van der Waals surface area contributed by atoms with Gasteiger partial charge in [-0.25, -0.2) is 0 Å². The number of alkyl halides is 3. The Morgan fingerprint density at radius 3 is 2.47 bits per heavy atom. The lowest BCUT2D eigenvalue weighted by molar-refractivity contribution is -0.137. The normalized spacial score (nSPS) is 11.3. The number of rotatable bonds is 3. The summed E-state index contributed by atoms with van der Waals surface area (Å²) in [6.45, 7) is 0. The van der Waals surface area contributed by atoms with Gasteiger partial charge >= 0.3 is 6.18 Å². The molecule has 0 atom stereocenters. The minimum absolute atomic E-state index is 0.00393. The second-order valence-electron chi connectivity index (χ2n) is 3.70. The lowest BCUT2D eigenvalue weighted by Crippen LogP contribution is -2.13. The number of aromatic nitrogens is 2. The Labute approximate surface area is 110 Å². The highest BCUT2D eigenvalue weighted by Gasteiger charge is 2.29. The lowest BCUT2D eigenvalue weighted by Gasteiger charge is -2.07. The molecule has 2 aromatic rings. The van der Waals surface area contributed by atoms with Crippen LogP contribution in [0.3, 0.4) is 0 Å². The number of hydrogen-bond acceptors (Lipinski definition) is 4. The maximum atomic E-state index is 12.3. The van der Waals surface area contributed by atoms with E-state index in [-0.39, 0.29) is 12.3 Å². The molecule has 8 heteroatoms. The average Bonchev–Trinajstić information content (AvgIpc) is 2.81. The number of carbonyl (C=O) groups excluding carboxylic acids is 1. The topological polar surface area (TPSA) is 54.9 Å². The number of halogens is 3. The second kappa shape index (κ2) is 5.35. The van der Waals surface area contributed by atoms with Gasteiger partial charge in [0.2, 0.25) is 5.91 Å². The van der Waals surface area contributed by atoms with Gasteiger partial charge in [0.1, 0.15) is 5.00 Å². The van der Waals surface area contributed by atoms with Crippen LogP contribution in [0.15, 0.2) is 30.5 Å². The minimum atomic E-state index is -4.37. The van der Waals surface area contributed by atoms with E-state index in [1.807, 2.05) is 0 Å². The highest BCUT2D eigenvalue weighted by molar-refractivity contribution is 7.10. The van der Waals surface area contributed by atoms with E-state index in [0.717, 1.165) is 23.7 Å². The van der Waals surface area contributed by atoms with Crippen LogP contribution in [0.4, 0.5) is 18.2 Å².